The number of piperidine rings is 1. The summed E-state index contributed by atoms with van der Waals surface area (Å²) < 4.78 is 0. The highest BCUT2D eigenvalue weighted by Crippen LogP contribution is 2.27. The normalized spacial score (nSPS) is 18.3. The van der Waals surface area contributed by atoms with E-state index in [9.17, 15) is 9.59 Å². The molecule has 0 spiro atoms. The molecule has 39 heavy (non-hydrogen) atoms. The molecule has 6 rings (SSSR count). The lowest BCUT2D eigenvalue weighted by Crippen LogP contribution is -2.45. The van der Waals surface area contributed by atoms with E-state index in [4.69, 9.17) is 0 Å². The van der Waals surface area contributed by atoms with Crippen LogP contribution in [0.25, 0.3) is 22.0 Å². The lowest BCUT2D eigenvalue weighted by atomic mass is 9.96. The van der Waals surface area contributed by atoms with Crippen LogP contribution in [0.2, 0.25) is 0 Å². The van der Waals surface area contributed by atoms with Crippen molar-refractivity contribution >= 4 is 34.1 Å². The number of likely N-dealkylation sites (tertiary alicyclic amines) is 1. The minimum Gasteiger partial charge on any atom is -0.369 e. The monoisotopic (exact) mass is 523 g/mol. The number of fused-ring (bicyclic) bond motifs is 1. The predicted molar refractivity (Wildman–Crippen MR) is 153 cm³/mol. The molecular formula is C30H33N7O2. The maximum absolute atomic E-state index is 13.4. The summed E-state index contributed by atoms with van der Waals surface area (Å²) in [7, 11) is 2.13. The third kappa shape index (κ3) is 5.49. The number of H-pyrrole nitrogens is 1. The minimum absolute atomic E-state index is 0.0610. The number of aromatic nitrogens is 3. The number of likely N-dealkylation sites (N-methyl/N-ethyl adjacent to an activating group) is 1. The van der Waals surface area contributed by atoms with Crippen LogP contribution < -0.4 is 10.2 Å². The Bertz CT molecular complexity index is 1490. The van der Waals surface area contributed by atoms with Gasteiger partial charge in [-0.3, -0.25) is 19.7 Å². The highest BCUT2D eigenvalue weighted by atomic mass is 16.2. The zero-order chi connectivity index (χ0) is 26.8. The number of hydrogen-bond donors (Lipinski definition) is 2. The fourth-order valence-electron chi connectivity index (χ4n) is 5.48. The molecule has 9 nitrogen and oxygen atoms in total. The zero-order valence-corrected chi connectivity index (χ0v) is 22.1. The second-order valence-electron chi connectivity index (χ2n) is 10.5. The Labute approximate surface area is 227 Å². The molecule has 200 valence electrons. The Balaban J connectivity index is 1.11. The summed E-state index contributed by atoms with van der Waals surface area (Å²) in [4.78, 5) is 37.4. The number of carbonyl (C=O) groups excluding carboxylic acids is 2. The number of nitrogens with one attached hydrogen (secondary N) is 2. The van der Waals surface area contributed by atoms with Gasteiger partial charge in [0, 0.05) is 62.2 Å². The van der Waals surface area contributed by atoms with Crippen LogP contribution in [0, 0.1) is 5.92 Å². The molecule has 2 aliphatic rings. The molecule has 2 aromatic heterocycles. The van der Waals surface area contributed by atoms with Crippen LogP contribution in [0.3, 0.4) is 0 Å². The first-order chi connectivity index (χ1) is 19.0. The number of pyridine rings is 1. The van der Waals surface area contributed by atoms with Crippen LogP contribution in [-0.2, 0) is 4.79 Å². The molecule has 0 bridgehead atoms. The molecule has 0 radical (unpaired) electrons. The third-order valence-corrected chi connectivity index (χ3v) is 7.81. The Morgan fingerprint density at radius 3 is 2.69 bits per heavy atom. The summed E-state index contributed by atoms with van der Waals surface area (Å²) in [6.07, 6.45) is 5.05. The molecular weight excluding hydrogens is 490 g/mol. The zero-order valence-electron chi connectivity index (χ0n) is 22.1. The molecule has 4 heterocycles. The van der Waals surface area contributed by atoms with Crippen LogP contribution in [0.1, 0.15) is 23.3 Å². The number of nitrogens with zero attached hydrogens (tertiary/aromatic N) is 5. The van der Waals surface area contributed by atoms with Crippen LogP contribution in [-0.4, -0.2) is 83.1 Å². The molecule has 4 aromatic rings. The van der Waals surface area contributed by atoms with Gasteiger partial charge in [0.15, 0.2) is 0 Å². The molecule has 2 amide bonds. The summed E-state index contributed by atoms with van der Waals surface area (Å²) >= 11 is 0. The van der Waals surface area contributed by atoms with Crippen molar-refractivity contribution in [2.45, 2.75) is 12.8 Å². The van der Waals surface area contributed by atoms with E-state index in [0.717, 1.165) is 72.4 Å². The van der Waals surface area contributed by atoms with Crippen LogP contribution in [0.4, 0.5) is 11.4 Å². The lowest BCUT2D eigenvalue weighted by Gasteiger charge is -2.34. The molecule has 9 heteroatoms. The van der Waals surface area contributed by atoms with E-state index in [1.165, 1.54) is 0 Å². The van der Waals surface area contributed by atoms with Crippen molar-refractivity contribution in [3.05, 3.63) is 72.7 Å². The van der Waals surface area contributed by atoms with Crippen molar-refractivity contribution in [3.63, 3.8) is 0 Å². The molecule has 1 atom stereocenters. The summed E-state index contributed by atoms with van der Waals surface area (Å²) in [6, 6.07) is 17.8. The summed E-state index contributed by atoms with van der Waals surface area (Å²) in [5.41, 5.74) is 5.27. The Kier molecular flexibility index (Phi) is 6.98. The maximum Gasteiger partial charge on any atom is 0.272 e. The van der Waals surface area contributed by atoms with E-state index in [1.807, 2.05) is 48.5 Å². The van der Waals surface area contributed by atoms with E-state index < -0.39 is 0 Å². The van der Waals surface area contributed by atoms with E-state index in [2.05, 4.69) is 43.4 Å². The highest BCUT2D eigenvalue weighted by molar-refractivity contribution is 5.96. The van der Waals surface area contributed by atoms with Crippen molar-refractivity contribution in [3.8, 4) is 11.1 Å². The second-order valence-corrected chi connectivity index (χ2v) is 10.5. The fourth-order valence-corrected chi connectivity index (χ4v) is 5.48. The molecule has 2 saturated heterocycles. The van der Waals surface area contributed by atoms with Gasteiger partial charge in [-0.15, -0.1) is 0 Å². The first-order valence-electron chi connectivity index (χ1n) is 13.6. The van der Waals surface area contributed by atoms with Gasteiger partial charge in [0.2, 0.25) is 5.91 Å². The average molecular weight is 524 g/mol. The smallest absolute Gasteiger partial charge is 0.272 e. The van der Waals surface area contributed by atoms with Crippen molar-refractivity contribution < 1.29 is 9.59 Å². The predicted octanol–water partition coefficient (Wildman–Crippen LogP) is 3.87. The second kappa shape index (κ2) is 10.9. The first-order valence-corrected chi connectivity index (χ1v) is 13.6. The van der Waals surface area contributed by atoms with Gasteiger partial charge in [0.1, 0.15) is 5.69 Å². The first kappa shape index (κ1) is 25.1. The van der Waals surface area contributed by atoms with E-state index >= 15 is 0 Å². The Morgan fingerprint density at radius 1 is 0.974 bits per heavy atom. The van der Waals surface area contributed by atoms with Crippen LogP contribution in [0.5, 0.6) is 0 Å². The van der Waals surface area contributed by atoms with Crippen molar-refractivity contribution in [2.75, 3.05) is 56.5 Å². The van der Waals surface area contributed by atoms with E-state index in [1.54, 1.807) is 17.3 Å². The van der Waals surface area contributed by atoms with Gasteiger partial charge >= 0.3 is 0 Å². The summed E-state index contributed by atoms with van der Waals surface area (Å²) in [5, 5.41) is 11.2. The molecule has 0 aliphatic carbocycles. The lowest BCUT2D eigenvalue weighted by molar-refractivity contribution is -0.121. The quantitative estimate of drug-likeness (QED) is 0.412. The number of hydrogen-bond acceptors (Lipinski definition) is 6. The van der Waals surface area contributed by atoms with Gasteiger partial charge in [-0.2, -0.15) is 5.10 Å². The largest absolute Gasteiger partial charge is 0.369 e. The molecule has 0 saturated carbocycles. The summed E-state index contributed by atoms with van der Waals surface area (Å²) in [6.45, 7) is 4.88. The van der Waals surface area contributed by atoms with Crippen molar-refractivity contribution in [1.29, 1.82) is 0 Å². The SMILES string of the molecule is CN1CCN(c2ccnc(C(=O)N3CCC[C@H](C(=O)Nc4cccc(-c5ccc6[nH]ncc6c5)c4)C3)c2)CC1. The van der Waals surface area contributed by atoms with E-state index in [-0.39, 0.29) is 17.7 Å². The van der Waals surface area contributed by atoms with Gasteiger partial charge in [-0.25, -0.2) is 0 Å². The number of benzene rings is 2. The maximum atomic E-state index is 13.4. The average Bonchev–Trinajstić information content (AvgIpc) is 3.46. The Morgan fingerprint density at radius 2 is 1.82 bits per heavy atom. The number of carbonyl (C=O) groups is 2. The summed E-state index contributed by atoms with van der Waals surface area (Å²) in [5.74, 6) is -0.441. The molecule has 0 unspecified atom stereocenters. The van der Waals surface area contributed by atoms with Gasteiger partial charge < -0.3 is 20.0 Å². The topological polar surface area (TPSA) is 97.5 Å². The van der Waals surface area contributed by atoms with Gasteiger partial charge in [0.25, 0.3) is 5.91 Å². The van der Waals surface area contributed by atoms with Gasteiger partial charge in [-0.05, 0) is 67.4 Å². The number of piperazine rings is 1. The highest BCUT2D eigenvalue weighted by Gasteiger charge is 2.30. The van der Waals surface area contributed by atoms with Gasteiger partial charge in [-0.1, -0.05) is 18.2 Å². The van der Waals surface area contributed by atoms with Crippen LogP contribution in [0.15, 0.2) is 67.0 Å². The van der Waals surface area contributed by atoms with Crippen molar-refractivity contribution in [2.24, 2.45) is 5.92 Å². The fraction of sp³-hybridized carbons (Fsp3) is 0.333. The minimum atomic E-state index is -0.269. The van der Waals surface area contributed by atoms with Gasteiger partial charge in [0.05, 0.1) is 17.6 Å². The third-order valence-electron chi connectivity index (χ3n) is 7.81. The van der Waals surface area contributed by atoms with Crippen LogP contribution >= 0.6 is 0 Å². The standard InChI is InChI=1S/C30H33N7O2/c1-35-12-14-36(15-13-35)26-9-10-31-28(18-26)30(39)37-11-3-5-23(20-37)29(38)33-25-6-2-4-21(17-25)22-7-8-27-24(16-22)19-32-34-27/h2,4,6-10,16-19,23H,3,5,11-15,20H2,1H3,(H,32,34)(H,33,38)/t23-/m0/s1. The number of amides is 2. The molecule has 2 aromatic carbocycles. The number of rotatable bonds is 5. The van der Waals surface area contributed by atoms with Crippen molar-refractivity contribution in [1.82, 2.24) is 25.0 Å². The molecule has 2 fully saturated rings. The molecule has 2 aliphatic heterocycles. The number of aromatic amines is 1. The number of anilines is 2. The Hall–Kier alpha value is -4.24. The van der Waals surface area contributed by atoms with E-state index in [0.29, 0.717) is 18.8 Å². The molecule has 2 N–H and O–H groups in total.